The van der Waals surface area contributed by atoms with Crippen molar-refractivity contribution >= 4 is 23.3 Å². The number of Topliss-reactive ketones (excluding diaryl/α,β-unsaturated/α-hetero) is 1. The van der Waals surface area contributed by atoms with Crippen molar-refractivity contribution in [2.24, 2.45) is 0 Å². The van der Waals surface area contributed by atoms with Gasteiger partial charge in [0.2, 0.25) is 5.91 Å². The van der Waals surface area contributed by atoms with Crippen molar-refractivity contribution in [3.05, 3.63) is 54.1 Å². The van der Waals surface area contributed by atoms with Crippen LogP contribution in [0.25, 0.3) is 0 Å². The molecule has 0 fully saturated rings. The summed E-state index contributed by atoms with van der Waals surface area (Å²) in [6.45, 7) is -3.68. The van der Waals surface area contributed by atoms with Crippen LogP contribution in [0.3, 0.4) is 0 Å². The number of benzene rings is 2. The fraction of sp³-hybridized carbons (Fsp3) is 0.250. The Labute approximate surface area is 164 Å². The molecule has 0 aromatic heterocycles. The van der Waals surface area contributed by atoms with Crippen LogP contribution in [-0.2, 0) is 14.3 Å². The second-order valence-corrected chi connectivity index (χ2v) is 6.03. The van der Waals surface area contributed by atoms with E-state index in [4.69, 9.17) is 9.47 Å². The number of nitrogens with zero attached hydrogens (tertiary/aromatic N) is 1. The average molecular weight is 405 g/mol. The molecule has 1 heterocycles. The van der Waals surface area contributed by atoms with Crippen molar-refractivity contribution < 1.29 is 37.4 Å². The van der Waals surface area contributed by atoms with Gasteiger partial charge in [-0.3, -0.25) is 19.3 Å². The number of fused-ring (bicyclic) bond motifs is 1. The maximum atomic E-state index is 12.3. The molecular weight excluding hydrogens is 388 g/mol. The molecule has 1 amide bonds. The van der Waals surface area contributed by atoms with E-state index in [1.165, 1.54) is 29.2 Å². The van der Waals surface area contributed by atoms with Crippen LogP contribution in [0.5, 0.6) is 11.5 Å². The third-order valence-electron chi connectivity index (χ3n) is 4.08. The molecular formula is C20H17F2NO6. The average Bonchev–Trinajstić information content (AvgIpc) is 2.85. The zero-order valence-electron chi connectivity index (χ0n) is 15.2. The minimum atomic E-state index is -2.96. The van der Waals surface area contributed by atoms with E-state index in [9.17, 15) is 23.2 Å². The largest absolute Gasteiger partial charge is 0.491 e. The van der Waals surface area contributed by atoms with E-state index in [1.807, 2.05) is 0 Å². The zero-order chi connectivity index (χ0) is 20.8. The van der Waals surface area contributed by atoms with Crippen LogP contribution in [0.4, 0.5) is 14.5 Å². The van der Waals surface area contributed by atoms with Gasteiger partial charge in [-0.05, 0) is 36.4 Å². The fourth-order valence-corrected chi connectivity index (χ4v) is 2.72. The molecule has 7 nitrogen and oxygen atoms in total. The summed E-state index contributed by atoms with van der Waals surface area (Å²) < 4.78 is 39.0. The number of alkyl halides is 2. The minimum absolute atomic E-state index is 0.0888. The monoisotopic (exact) mass is 405 g/mol. The highest BCUT2D eigenvalue weighted by Crippen LogP contribution is 2.30. The van der Waals surface area contributed by atoms with Gasteiger partial charge in [-0.1, -0.05) is 12.1 Å². The first-order valence-corrected chi connectivity index (χ1v) is 8.70. The number of carbonyl (C=O) groups is 3. The predicted octanol–water partition coefficient (Wildman–Crippen LogP) is 2.83. The number of para-hydroxylation sites is 2. The number of halogens is 2. The normalized spacial score (nSPS) is 13.3. The van der Waals surface area contributed by atoms with Crippen LogP contribution in [0.15, 0.2) is 48.5 Å². The van der Waals surface area contributed by atoms with Crippen molar-refractivity contribution in [1.29, 1.82) is 0 Å². The Kier molecular flexibility index (Phi) is 6.38. The lowest BCUT2D eigenvalue weighted by molar-refractivity contribution is -0.141. The molecule has 0 saturated heterocycles. The predicted molar refractivity (Wildman–Crippen MR) is 97.3 cm³/mol. The summed E-state index contributed by atoms with van der Waals surface area (Å²) in [5, 5.41) is 0. The summed E-state index contributed by atoms with van der Waals surface area (Å²) in [6, 6.07) is 11.8. The SMILES string of the molecule is O=C(CN1C(=O)CCOc2ccccc21)OCC(=O)c1ccc(OC(F)F)cc1. The van der Waals surface area contributed by atoms with Crippen molar-refractivity contribution in [1.82, 2.24) is 0 Å². The maximum Gasteiger partial charge on any atom is 0.387 e. The number of rotatable bonds is 7. The zero-order valence-corrected chi connectivity index (χ0v) is 15.2. The van der Waals surface area contributed by atoms with E-state index >= 15 is 0 Å². The van der Waals surface area contributed by atoms with Gasteiger partial charge >= 0.3 is 12.6 Å². The van der Waals surface area contributed by atoms with Crippen LogP contribution in [0.2, 0.25) is 0 Å². The van der Waals surface area contributed by atoms with Gasteiger partial charge in [-0.15, -0.1) is 0 Å². The van der Waals surface area contributed by atoms with Crippen molar-refractivity contribution in [2.75, 3.05) is 24.7 Å². The number of ketones is 1. The van der Waals surface area contributed by atoms with Crippen molar-refractivity contribution in [3.8, 4) is 11.5 Å². The van der Waals surface area contributed by atoms with Gasteiger partial charge in [-0.2, -0.15) is 8.78 Å². The van der Waals surface area contributed by atoms with Crippen LogP contribution < -0.4 is 14.4 Å². The molecule has 0 saturated carbocycles. The molecule has 0 bridgehead atoms. The molecule has 0 spiro atoms. The third kappa shape index (κ3) is 5.28. The Bertz CT molecular complexity index is 900. The number of amides is 1. The molecule has 29 heavy (non-hydrogen) atoms. The fourth-order valence-electron chi connectivity index (χ4n) is 2.72. The molecule has 0 unspecified atom stereocenters. The number of hydrogen-bond donors (Lipinski definition) is 0. The molecule has 0 aliphatic carbocycles. The Morgan fingerprint density at radius 2 is 1.83 bits per heavy atom. The molecule has 152 valence electrons. The first kappa shape index (κ1) is 20.2. The second kappa shape index (κ2) is 9.13. The number of ether oxygens (including phenoxy) is 3. The second-order valence-electron chi connectivity index (χ2n) is 6.03. The van der Waals surface area contributed by atoms with Gasteiger partial charge in [0.25, 0.3) is 0 Å². The van der Waals surface area contributed by atoms with E-state index < -0.39 is 25.0 Å². The van der Waals surface area contributed by atoms with E-state index in [2.05, 4.69) is 4.74 Å². The van der Waals surface area contributed by atoms with Crippen molar-refractivity contribution in [2.45, 2.75) is 13.0 Å². The third-order valence-corrected chi connectivity index (χ3v) is 4.08. The van der Waals surface area contributed by atoms with Gasteiger partial charge in [0.05, 0.1) is 18.7 Å². The first-order valence-electron chi connectivity index (χ1n) is 8.70. The molecule has 2 aromatic rings. The number of anilines is 1. The maximum absolute atomic E-state index is 12.3. The molecule has 3 rings (SSSR count). The van der Waals surface area contributed by atoms with Gasteiger partial charge in [0.15, 0.2) is 12.4 Å². The van der Waals surface area contributed by atoms with E-state index in [0.29, 0.717) is 11.4 Å². The van der Waals surface area contributed by atoms with Crippen LogP contribution in [0, 0.1) is 0 Å². The molecule has 0 radical (unpaired) electrons. The molecule has 1 aliphatic heterocycles. The minimum Gasteiger partial charge on any atom is -0.491 e. The Morgan fingerprint density at radius 1 is 1.10 bits per heavy atom. The van der Waals surface area contributed by atoms with Gasteiger partial charge < -0.3 is 14.2 Å². The lowest BCUT2D eigenvalue weighted by Gasteiger charge is -2.20. The Hall–Kier alpha value is -3.49. The highest BCUT2D eigenvalue weighted by molar-refractivity contribution is 6.01. The van der Waals surface area contributed by atoms with Crippen LogP contribution in [0.1, 0.15) is 16.8 Å². The molecule has 2 aromatic carbocycles. The standard InChI is InChI=1S/C20H17F2NO6/c21-20(22)29-14-7-5-13(6-8-14)16(24)12-28-19(26)11-23-15-3-1-2-4-17(15)27-10-9-18(23)25/h1-8,20H,9-12H2. The number of carbonyl (C=O) groups excluding carboxylic acids is 3. The molecule has 9 heteroatoms. The van der Waals surface area contributed by atoms with E-state index in [1.54, 1.807) is 24.3 Å². The number of esters is 1. The molecule has 1 aliphatic rings. The first-order chi connectivity index (χ1) is 13.9. The van der Waals surface area contributed by atoms with Gasteiger partial charge in [0, 0.05) is 5.56 Å². The molecule has 0 N–H and O–H groups in total. The quantitative estimate of drug-likeness (QED) is 0.521. The summed E-state index contributed by atoms with van der Waals surface area (Å²) in [5.74, 6) is -1.19. The summed E-state index contributed by atoms with van der Waals surface area (Å²) in [4.78, 5) is 37.8. The summed E-state index contributed by atoms with van der Waals surface area (Å²) in [5.41, 5.74) is 0.622. The van der Waals surface area contributed by atoms with E-state index in [-0.39, 0.29) is 36.8 Å². The van der Waals surface area contributed by atoms with Crippen LogP contribution >= 0.6 is 0 Å². The Morgan fingerprint density at radius 3 is 2.55 bits per heavy atom. The summed E-state index contributed by atoms with van der Waals surface area (Å²) >= 11 is 0. The smallest absolute Gasteiger partial charge is 0.387 e. The van der Waals surface area contributed by atoms with Crippen molar-refractivity contribution in [3.63, 3.8) is 0 Å². The topological polar surface area (TPSA) is 82.1 Å². The highest BCUT2D eigenvalue weighted by Gasteiger charge is 2.26. The summed E-state index contributed by atoms with van der Waals surface area (Å²) in [7, 11) is 0. The van der Waals surface area contributed by atoms with Crippen LogP contribution in [-0.4, -0.2) is 44.0 Å². The summed E-state index contributed by atoms with van der Waals surface area (Å²) in [6.07, 6.45) is 0.105. The van der Waals surface area contributed by atoms with Gasteiger partial charge in [-0.25, -0.2) is 0 Å². The lowest BCUT2D eigenvalue weighted by atomic mass is 10.1. The van der Waals surface area contributed by atoms with E-state index in [0.717, 1.165) is 0 Å². The Balaban J connectivity index is 1.58. The van der Waals surface area contributed by atoms with Gasteiger partial charge in [0.1, 0.15) is 18.0 Å². The molecule has 0 atom stereocenters. The lowest BCUT2D eigenvalue weighted by Crippen LogP contribution is -2.36. The number of hydrogen-bond acceptors (Lipinski definition) is 6. The highest BCUT2D eigenvalue weighted by atomic mass is 19.3.